The number of amides is 1. The molecule has 4 aromatic rings. The first-order valence-corrected chi connectivity index (χ1v) is 12.8. The lowest BCUT2D eigenvalue weighted by Gasteiger charge is -2.14. The summed E-state index contributed by atoms with van der Waals surface area (Å²) in [5.74, 6) is 1.26. The standard InChI is InChI=1S/C26H27N3O3S2/c1-6-21-16(2)22-23(34-21)27-26(29(25(22)31)19-8-7-9-20(14-19)32-5)33-15-17-10-12-18(13-11-17)24(30)28(3)4/h7-14H,6,15H2,1-5H3. The lowest BCUT2D eigenvalue weighted by molar-refractivity contribution is 0.0827. The Morgan fingerprint density at radius 2 is 1.91 bits per heavy atom. The lowest BCUT2D eigenvalue weighted by Crippen LogP contribution is -2.22. The molecule has 0 saturated heterocycles. The highest BCUT2D eigenvalue weighted by Crippen LogP contribution is 2.32. The number of nitrogens with zero attached hydrogens (tertiary/aromatic N) is 3. The Kier molecular flexibility index (Phi) is 7.09. The van der Waals surface area contributed by atoms with Crippen molar-refractivity contribution in [3.8, 4) is 11.4 Å². The summed E-state index contributed by atoms with van der Waals surface area (Å²) in [5.41, 5.74) is 3.35. The second kappa shape index (κ2) is 10.0. The van der Waals surface area contributed by atoms with Gasteiger partial charge in [-0.25, -0.2) is 4.98 Å². The molecule has 2 aromatic carbocycles. The number of methoxy groups -OCH3 is 1. The zero-order valence-electron chi connectivity index (χ0n) is 19.9. The van der Waals surface area contributed by atoms with Gasteiger partial charge in [-0.15, -0.1) is 11.3 Å². The quantitative estimate of drug-likeness (QED) is 0.258. The summed E-state index contributed by atoms with van der Waals surface area (Å²) in [6.07, 6.45) is 0.867. The van der Waals surface area contributed by atoms with Crippen LogP contribution in [0.4, 0.5) is 0 Å². The van der Waals surface area contributed by atoms with Gasteiger partial charge < -0.3 is 9.64 Å². The zero-order valence-corrected chi connectivity index (χ0v) is 21.5. The molecule has 2 aromatic heterocycles. The molecule has 4 rings (SSSR count). The SMILES string of the molecule is CCc1sc2nc(SCc3ccc(C(=O)N(C)C)cc3)n(-c3cccc(OC)c3)c(=O)c2c1C. The van der Waals surface area contributed by atoms with E-state index < -0.39 is 0 Å². The van der Waals surface area contributed by atoms with Gasteiger partial charge in [-0.05, 0) is 48.7 Å². The van der Waals surface area contributed by atoms with Gasteiger partial charge in [0, 0.05) is 36.4 Å². The van der Waals surface area contributed by atoms with Crippen molar-refractivity contribution in [2.24, 2.45) is 0 Å². The number of thiophene rings is 1. The molecule has 6 nitrogen and oxygen atoms in total. The first kappa shape index (κ1) is 24.0. The van der Waals surface area contributed by atoms with Crippen LogP contribution in [-0.4, -0.2) is 41.6 Å². The van der Waals surface area contributed by atoms with Crippen LogP contribution >= 0.6 is 23.1 Å². The first-order valence-electron chi connectivity index (χ1n) is 11.0. The zero-order chi connectivity index (χ0) is 24.4. The van der Waals surface area contributed by atoms with Crippen molar-refractivity contribution in [1.82, 2.24) is 14.5 Å². The molecule has 0 atom stereocenters. The van der Waals surface area contributed by atoms with E-state index in [2.05, 4.69) is 6.92 Å². The van der Waals surface area contributed by atoms with E-state index in [0.29, 0.717) is 27.6 Å². The van der Waals surface area contributed by atoms with Crippen molar-refractivity contribution < 1.29 is 9.53 Å². The number of fused-ring (bicyclic) bond motifs is 1. The number of rotatable bonds is 7. The molecule has 0 aliphatic heterocycles. The van der Waals surface area contributed by atoms with Crippen LogP contribution < -0.4 is 10.3 Å². The van der Waals surface area contributed by atoms with Crippen LogP contribution in [0.2, 0.25) is 0 Å². The number of thioether (sulfide) groups is 1. The molecule has 0 radical (unpaired) electrons. The molecule has 0 spiro atoms. The first-order chi connectivity index (χ1) is 16.3. The van der Waals surface area contributed by atoms with Crippen LogP contribution in [0, 0.1) is 6.92 Å². The summed E-state index contributed by atoms with van der Waals surface area (Å²) in [4.78, 5) is 34.3. The third kappa shape index (κ3) is 4.60. The molecule has 0 aliphatic carbocycles. The fourth-order valence-corrected chi connectivity index (χ4v) is 5.90. The molecule has 0 saturated carbocycles. The highest BCUT2D eigenvalue weighted by atomic mass is 32.2. The van der Waals surface area contributed by atoms with Gasteiger partial charge in [-0.1, -0.05) is 36.9 Å². The fourth-order valence-electron chi connectivity index (χ4n) is 3.77. The number of carbonyl (C=O) groups excluding carboxylic acids is 1. The molecule has 176 valence electrons. The minimum atomic E-state index is -0.0684. The molecule has 0 unspecified atom stereocenters. The second-order valence-electron chi connectivity index (χ2n) is 8.11. The minimum Gasteiger partial charge on any atom is -0.497 e. The van der Waals surface area contributed by atoms with E-state index in [0.717, 1.165) is 28.1 Å². The van der Waals surface area contributed by atoms with Gasteiger partial charge in [0.05, 0.1) is 18.2 Å². The topological polar surface area (TPSA) is 64.4 Å². The van der Waals surface area contributed by atoms with Crippen LogP contribution in [0.15, 0.2) is 58.5 Å². The largest absolute Gasteiger partial charge is 0.497 e. The predicted molar refractivity (Wildman–Crippen MR) is 140 cm³/mol. The van der Waals surface area contributed by atoms with Crippen LogP contribution in [0.5, 0.6) is 5.75 Å². The van der Waals surface area contributed by atoms with Crippen molar-refractivity contribution in [3.63, 3.8) is 0 Å². The molecule has 0 fully saturated rings. The van der Waals surface area contributed by atoms with E-state index in [-0.39, 0.29) is 11.5 Å². The van der Waals surface area contributed by atoms with E-state index in [1.165, 1.54) is 16.6 Å². The molecule has 1 amide bonds. The Labute approximate surface area is 207 Å². The van der Waals surface area contributed by atoms with Crippen LogP contribution in [0.3, 0.4) is 0 Å². The number of benzene rings is 2. The molecule has 34 heavy (non-hydrogen) atoms. The molecule has 8 heteroatoms. The third-order valence-electron chi connectivity index (χ3n) is 5.64. The summed E-state index contributed by atoms with van der Waals surface area (Å²) >= 11 is 3.09. The minimum absolute atomic E-state index is 0.0296. The van der Waals surface area contributed by atoms with Gasteiger partial charge in [0.15, 0.2) is 5.16 Å². The highest BCUT2D eigenvalue weighted by Gasteiger charge is 2.19. The van der Waals surface area contributed by atoms with E-state index in [1.807, 2.05) is 55.5 Å². The van der Waals surface area contributed by atoms with E-state index in [4.69, 9.17) is 9.72 Å². The maximum absolute atomic E-state index is 13.7. The normalized spacial score (nSPS) is 11.1. The Balaban J connectivity index is 1.76. The number of ether oxygens (including phenoxy) is 1. The monoisotopic (exact) mass is 493 g/mol. The average molecular weight is 494 g/mol. The van der Waals surface area contributed by atoms with Crippen LogP contribution in [-0.2, 0) is 12.2 Å². The Bertz CT molecular complexity index is 1410. The van der Waals surface area contributed by atoms with Gasteiger partial charge in [-0.3, -0.25) is 14.2 Å². The number of aryl methyl sites for hydroxylation is 2. The summed E-state index contributed by atoms with van der Waals surface area (Å²) < 4.78 is 7.07. The number of aromatic nitrogens is 2. The average Bonchev–Trinajstić information content (AvgIpc) is 3.18. The van der Waals surface area contributed by atoms with Gasteiger partial charge in [0.25, 0.3) is 11.5 Å². The van der Waals surface area contributed by atoms with Crippen molar-refractivity contribution in [2.45, 2.75) is 31.2 Å². The van der Waals surface area contributed by atoms with Crippen molar-refractivity contribution in [1.29, 1.82) is 0 Å². The van der Waals surface area contributed by atoms with Gasteiger partial charge in [-0.2, -0.15) is 0 Å². The van der Waals surface area contributed by atoms with Crippen molar-refractivity contribution >= 4 is 39.2 Å². The summed E-state index contributed by atoms with van der Waals surface area (Å²) in [7, 11) is 5.09. The molecule has 0 bridgehead atoms. The predicted octanol–water partition coefficient (Wildman–Crippen LogP) is 5.32. The van der Waals surface area contributed by atoms with Gasteiger partial charge in [0.1, 0.15) is 10.6 Å². The van der Waals surface area contributed by atoms with Crippen LogP contribution in [0.1, 0.15) is 33.3 Å². The Morgan fingerprint density at radius 3 is 2.56 bits per heavy atom. The van der Waals surface area contributed by atoms with Gasteiger partial charge >= 0.3 is 0 Å². The molecular formula is C26H27N3O3S2. The lowest BCUT2D eigenvalue weighted by atomic mass is 10.1. The molecular weight excluding hydrogens is 466 g/mol. The maximum atomic E-state index is 13.7. The van der Waals surface area contributed by atoms with E-state index in [1.54, 1.807) is 42.0 Å². The maximum Gasteiger partial charge on any atom is 0.267 e. The van der Waals surface area contributed by atoms with E-state index in [9.17, 15) is 9.59 Å². The fraction of sp³-hybridized carbons (Fsp3) is 0.269. The van der Waals surface area contributed by atoms with Crippen LogP contribution in [0.25, 0.3) is 15.9 Å². The number of hydrogen-bond acceptors (Lipinski definition) is 6. The number of carbonyl (C=O) groups is 1. The summed E-state index contributed by atoms with van der Waals surface area (Å²) in [5, 5.41) is 1.31. The van der Waals surface area contributed by atoms with Crippen molar-refractivity contribution in [3.05, 3.63) is 80.5 Å². The van der Waals surface area contributed by atoms with E-state index >= 15 is 0 Å². The third-order valence-corrected chi connectivity index (χ3v) is 7.98. The summed E-state index contributed by atoms with van der Waals surface area (Å²) in [6, 6.07) is 15.0. The molecule has 0 N–H and O–H groups in total. The summed E-state index contributed by atoms with van der Waals surface area (Å²) in [6.45, 7) is 4.10. The Morgan fingerprint density at radius 1 is 1.18 bits per heavy atom. The second-order valence-corrected chi connectivity index (χ2v) is 10.1. The number of hydrogen-bond donors (Lipinski definition) is 0. The highest BCUT2D eigenvalue weighted by molar-refractivity contribution is 7.98. The Hall–Kier alpha value is -3.10. The van der Waals surface area contributed by atoms with Crippen molar-refractivity contribution in [2.75, 3.05) is 21.2 Å². The molecule has 0 aliphatic rings. The van der Waals surface area contributed by atoms with Gasteiger partial charge in [0.2, 0.25) is 0 Å². The molecule has 2 heterocycles. The smallest absolute Gasteiger partial charge is 0.267 e.